The molecule has 32 heavy (non-hydrogen) atoms. The highest BCUT2D eigenvalue weighted by Crippen LogP contribution is 2.40. The van der Waals surface area contributed by atoms with Gasteiger partial charge in [-0.25, -0.2) is 0 Å². The zero-order chi connectivity index (χ0) is 22.9. The number of alkyl halides is 3. The number of halogens is 3. The lowest BCUT2D eigenvalue weighted by atomic mass is 9.83. The highest BCUT2D eigenvalue weighted by Gasteiger charge is 2.36. The number of aromatic hydroxyl groups is 1. The molecule has 4 nitrogen and oxygen atoms in total. The van der Waals surface area contributed by atoms with E-state index in [4.69, 9.17) is 4.74 Å². The van der Waals surface area contributed by atoms with Crippen molar-refractivity contribution in [1.82, 2.24) is 10.2 Å². The van der Waals surface area contributed by atoms with E-state index in [1.165, 1.54) is 0 Å². The van der Waals surface area contributed by atoms with Gasteiger partial charge in [0.15, 0.2) is 0 Å². The van der Waals surface area contributed by atoms with E-state index in [-0.39, 0.29) is 12.2 Å². The number of piperidine rings is 1. The Morgan fingerprint density at radius 3 is 2.41 bits per heavy atom. The normalized spacial score (nSPS) is 22.7. The molecule has 2 aromatic rings. The number of benzene rings is 2. The van der Waals surface area contributed by atoms with Crippen molar-refractivity contribution in [2.45, 2.75) is 51.1 Å². The standard InChI is InChI=1S/C25H31F3N2O2/c1-16-3-8-20-21(24(16)31)13-22(32-23(20)14-29-2)18-9-11-30(12-10-18)15-17-4-6-19(7-5-17)25(26,27)28/h3-8,18,22-23,29,31H,9-15H2,1-2H3/t22-,23-/m0/s1. The van der Waals surface area contributed by atoms with E-state index in [1.54, 1.807) is 12.1 Å². The van der Waals surface area contributed by atoms with Crippen molar-refractivity contribution >= 4 is 0 Å². The lowest BCUT2D eigenvalue weighted by molar-refractivity contribution is -0.137. The fourth-order valence-corrected chi connectivity index (χ4v) is 4.98. The number of likely N-dealkylation sites (tertiary alicyclic amines) is 1. The Hall–Kier alpha value is -2.09. The number of ether oxygens (including phenoxy) is 1. The predicted octanol–water partition coefficient (Wildman–Crippen LogP) is 4.83. The smallest absolute Gasteiger partial charge is 0.416 e. The number of fused-ring (bicyclic) bond motifs is 1. The molecule has 2 aromatic carbocycles. The second-order valence-corrected chi connectivity index (χ2v) is 9.03. The first-order valence-electron chi connectivity index (χ1n) is 11.3. The molecule has 0 unspecified atom stereocenters. The number of nitrogens with one attached hydrogen (secondary N) is 1. The fourth-order valence-electron chi connectivity index (χ4n) is 4.98. The van der Waals surface area contributed by atoms with Gasteiger partial charge in [-0.3, -0.25) is 4.90 Å². The average molecular weight is 449 g/mol. The van der Waals surface area contributed by atoms with Crippen molar-refractivity contribution < 1.29 is 23.0 Å². The van der Waals surface area contributed by atoms with Gasteiger partial charge in [0.2, 0.25) is 0 Å². The number of aryl methyl sites for hydroxylation is 1. The Kier molecular flexibility index (Phi) is 6.79. The Morgan fingerprint density at radius 1 is 1.09 bits per heavy atom. The molecule has 2 atom stereocenters. The predicted molar refractivity (Wildman–Crippen MR) is 118 cm³/mol. The van der Waals surface area contributed by atoms with Crippen LogP contribution in [0.25, 0.3) is 0 Å². The summed E-state index contributed by atoms with van der Waals surface area (Å²) in [5.41, 5.74) is 3.25. The SMILES string of the molecule is CNC[C@@H]1O[C@H](C2CCN(Cc3ccc(C(F)(F)F)cc3)CC2)Cc2c1ccc(C)c2O. The van der Waals surface area contributed by atoms with E-state index in [2.05, 4.69) is 16.3 Å². The van der Waals surface area contributed by atoms with Crippen LogP contribution >= 0.6 is 0 Å². The van der Waals surface area contributed by atoms with Crippen LogP contribution in [0.15, 0.2) is 36.4 Å². The second-order valence-electron chi connectivity index (χ2n) is 9.03. The lowest BCUT2D eigenvalue weighted by Crippen LogP contribution is -2.42. The fraction of sp³-hybridized carbons (Fsp3) is 0.520. The van der Waals surface area contributed by atoms with Gasteiger partial charge >= 0.3 is 6.18 Å². The molecular weight excluding hydrogens is 417 g/mol. The van der Waals surface area contributed by atoms with E-state index >= 15 is 0 Å². The molecule has 0 amide bonds. The van der Waals surface area contributed by atoms with Gasteiger partial charge in [0.25, 0.3) is 0 Å². The molecule has 1 saturated heterocycles. The molecule has 7 heteroatoms. The van der Waals surface area contributed by atoms with Crippen LogP contribution in [0, 0.1) is 12.8 Å². The molecule has 0 spiro atoms. The minimum Gasteiger partial charge on any atom is -0.507 e. The first kappa shape index (κ1) is 23.1. The van der Waals surface area contributed by atoms with Gasteiger partial charge in [0, 0.05) is 25.1 Å². The molecule has 1 fully saturated rings. The molecule has 2 N–H and O–H groups in total. The minimum atomic E-state index is -4.30. The maximum atomic E-state index is 12.8. The summed E-state index contributed by atoms with van der Waals surface area (Å²) in [6, 6.07) is 9.47. The van der Waals surface area contributed by atoms with Crippen LogP contribution in [0.3, 0.4) is 0 Å². The van der Waals surface area contributed by atoms with Crippen molar-refractivity contribution in [3.8, 4) is 5.75 Å². The number of phenols is 1. The van der Waals surface area contributed by atoms with Gasteiger partial charge in [-0.05, 0) is 74.6 Å². The summed E-state index contributed by atoms with van der Waals surface area (Å²) in [5.74, 6) is 0.780. The maximum absolute atomic E-state index is 12.8. The summed E-state index contributed by atoms with van der Waals surface area (Å²) < 4.78 is 44.8. The van der Waals surface area contributed by atoms with Crippen molar-refractivity contribution in [3.63, 3.8) is 0 Å². The number of likely N-dealkylation sites (N-methyl/N-ethyl adjacent to an activating group) is 1. The summed E-state index contributed by atoms with van der Waals surface area (Å²) in [7, 11) is 1.90. The Morgan fingerprint density at radius 2 is 1.78 bits per heavy atom. The first-order chi connectivity index (χ1) is 15.3. The number of hydrogen-bond donors (Lipinski definition) is 2. The summed E-state index contributed by atoms with van der Waals surface area (Å²) in [4.78, 5) is 2.29. The topological polar surface area (TPSA) is 44.7 Å². The van der Waals surface area contributed by atoms with Crippen molar-refractivity contribution in [2.24, 2.45) is 5.92 Å². The Balaban J connectivity index is 1.38. The molecule has 174 valence electrons. The zero-order valence-electron chi connectivity index (χ0n) is 18.6. The molecule has 0 saturated carbocycles. The van der Waals surface area contributed by atoms with E-state index in [0.29, 0.717) is 31.2 Å². The van der Waals surface area contributed by atoms with Crippen LogP contribution in [0.5, 0.6) is 5.75 Å². The Labute approximate surface area is 187 Å². The third kappa shape index (κ3) is 4.95. The van der Waals surface area contributed by atoms with Gasteiger partial charge in [0.1, 0.15) is 5.75 Å². The average Bonchev–Trinajstić information content (AvgIpc) is 2.77. The molecule has 0 aromatic heterocycles. The first-order valence-corrected chi connectivity index (χ1v) is 11.3. The number of nitrogens with zero attached hydrogens (tertiary/aromatic N) is 1. The lowest BCUT2D eigenvalue weighted by Gasteiger charge is -2.40. The monoisotopic (exact) mass is 448 g/mol. The van der Waals surface area contributed by atoms with Crippen molar-refractivity contribution in [1.29, 1.82) is 0 Å². The molecule has 2 heterocycles. The third-order valence-corrected chi connectivity index (χ3v) is 6.85. The minimum absolute atomic E-state index is 0.0572. The third-order valence-electron chi connectivity index (χ3n) is 6.85. The van der Waals surface area contributed by atoms with Gasteiger partial charge in [-0.1, -0.05) is 24.3 Å². The van der Waals surface area contributed by atoms with Crippen LogP contribution in [0.1, 0.15) is 46.8 Å². The molecule has 0 aliphatic carbocycles. The van der Waals surface area contributed by atoms with E-state index in [9.17, 15) is 18.3 Å². The number of phenolic OH excluding ortho intramolecular Hbond substituents is 1. The van der Waals surface area contributed by atoms with Crippen molar-refractivity contribution in [2.75, 3.05) is 26.7 Å². The molecule has 2 aliphatic heterocycles. The second kappa shape index (κ2) is 9.41. The van der Waals surface area contributed by atoms with Crippen LogP contribution in [0.4, 0.5) is 13.2 Å². The van der Waals surface area contributed by atoms with E-state index in [0.717, 1.165) is 60.3 Å². The molecular formula is C25H31F3N2O2. The molecule has 0 bridgehead atoms. The van der Waals surface area contributed by atoms with Crippen LogP contribution in [0.2, 0.25) is 0 Å². The largest absolute Gasteiger partial charge is 0.507 e. The van der Waals surface area contributed by atoms with Crippen LogP contribution in [-0.4, -0.2) is 42.8 Å². The molecule has 4 rings (SSSR count). The van der Waals surface area contributed by atoms with Crippen molar-refractivity contribution in [3.05, 3.63) is 64.2 Å². The van der Waals surface area contributed by atoms with Crippen LogP contribution in [-0.2, 0) is 23.9 Å². The summed E-state index contributed by atoms with van der Waals surface area (Å²) in [6.45, 7) is 5.04. The van der Waals surface area contributed by atoms with Gasteiger partial charge in [0.05, 0.1) is 17.8 Å². The van der Waals surface area contributed by atoms with Gasteiger partial charge < -0.3 is 15.2 Å². The van der Waals surface area contributed by atoms with Crippen LogP contribution < -0.4 is 5.32 Å². The highest BCUT2D eigenvalue weighted by molar-refractivity contribution is 5.47. The van der Waals surface area contributed by atoms with E-state index in [1.807, 2.05) is 20.0 Å². The highest BCUT2D eigenvalue weighted by atomic mass is 19.4. The summed E-state index contributed by atoms with van der Waals surface area (Å²) in [5, 5.41) is 13.9. The van der Waals surface area contributed by atoms with E-state index < -0.39 is 11.7 Å². The summed E-state index contributed by atoms with van der Waals surface area (Å²) in [6.07, 6.45) is -1.66. The molecule has 0 radical (unpaired) electrons. The quantitative estimate of drug-likeness (QED) is 0.688. The summed E-state index contributed by atoms with van der Waals surface area (Å²) >= 11 is 0. The maximum Gasteiger partial charge on any atom is 0.416 e. The van der Waals surface area contributed by atoms with Gasteiger partial charge in [-0.2, -0.15) is 13.2 Å². The number of hydrogen-bond acceptors (Lipinski definition) is 4. The molecule has 2 aliphatic rings. The Bertz CT molecular complexity index is 922. The van der Waals surface area contributed by atoms with Gasteiger partial charge in [-0.15, -0.1) is 0 Å². The number of rotatable bonds is 5. The zero-order valence-corrected chi connectivity index (χ0v) is 18.6.